The second-order valence-electron chi connectivity index (χ2n) is 8.02. The van der Waals surface area contributed by atoms with E-state index in [1.54, 1.807) is 26.2 Å². The molecule has 0 saturated carbocycles. The van der Waals surface area contributed by atoms with E-state index < -0.39 is 0 Å². The van der Waals surface area contributed by atoms with Crippen LogP contribution in [0.1, 0.15) is 37.1 Å². The van der Waals surface area contributed by atoms with Gasteiger partial charge in [-0.05, 0) is 36.8 Å². The molecule has 3 aromatic rings. The zero-order chi connectivity index (χ0) is 24.1. The van der Waals surface area contributed by atoms with Crippen LogP contribution in [0.3, 0.4) is 0 Å². The Kier molecular flexibility index (Phi) is 7.20. The molecule has 34 heavy (non-hydrogen) atoms. The zero-order valence-electron chi connectivity index (χ0n) is 19.9. The SMILES string of the molecule is CCCOc1ccc(-c2noc(C3CC(=O)N(Cc4ccc(OC)cc4OC)C3)n2)cc1OC. The maximum Gasteiger partial charge on any atom is 0.232 e. The summed E-state index contributed by atoms with van der Waals surface area (Å²) >= 11 is 0. The first kappa shape index (κ1) is 23.4. The molecule has 0 N–H and O–H groups in total. The van der Waals surface area contributed by atoms with Gasteiger partial charge in [0.15, 0.2) is 11.5 Å². The van der Waals surface area contributed by atoms with Gasteiger partial charge < -0.3 is 28.4 Å². The predicted molar refractivity (Wildman–Crippen MR) is 124 cm³/mol. The van der Waals surface area contributed by atoms with Gasteiger partial charge in [0.05, 0.1) is 33.9 Å². The molecule has 9 heteroatoms. The summed E-state index contributed by atoms with van der Waals surface area (Å²) in [6.45, 7) is 3.57. The van der Waals surface area contributed by atoms with Gasteiger partial charge >= 0.3 is 0 Å². The number of carbonyl (C=O) groups is 1. The monoisotopic (exact) mass is 467 g/mol. The van der Waals surface area contributed by atoms with Crippen molar-refractivity contribution in [2.24, 2.45) is 0 Å². The summed E-state index contributed by atoms with van der Waals surface area (Å²) in [7, 11) is 4.80. The molecular formula is C25H29N3O6. The Hall–Kier alpha value is -3.75. The van der Waals surface area contributed by atoms with Crippen molar-refractivity contribution < 1.29 is 28.3 Å². The topological polar surface area (TPSA) is 96.2 Å². The minimum absolute atomic E-state index is 0.0294. The van der Waals surface area contributed by atoms with Crippen LogP contribution in [-0.4, -0.2) is 55.4 Å². The summed E-state index contributed by atoms with van der Waals surface area (Å²) in [6.07, 6.45) is 1.22. The van der Waals surface area contributed by atoms with Crippen LogP contribution in [0.15, 0.2) is 40.9 Å². The molecule has 1 fully saturated rings. The van der Waals surface area contributed by atoms with E-state index in [0.29, 0.717) is 60.8 Å². The molecule has 9 nitrogen and oxygen atoms in total. The lowest BCUT2D eigenvalue weighted by Gasteiger charge is -2.18. The van der Waals surface area contributed by atoms with Crippen LogP contribution in [0, 0.1) is 0 Å². The van der Waals surface area contributed by atoms with Crippen LogP contribution in [0.25, 0.3) is 11.4 Å². The van der Waals surface area contributed by atoms with E-state index in [0.717, 1.165) is 17.5 Å². The van der Waals surface area contributed by atoms with Gasteiger partial charge in [0.25, 0.3) is 0 Å². The van der Waals surface area contributed by atoms with E-state index in [4.69, 9.17) is 23.5 Å². The molecule has 0 bridgehead atoms. The number of hydrogen-bond acceptors (Lipinski definition) is 8. The van der Waals surface area contributed by atoms with E-state index in [1.165, 1.54) is 0 Å². The number of benzene rings is 2. The first-order valence-electron chi connectivity index (χ1n) is 11.2. The van der Waals surface area contributed by atoms with Crippen molar-refractivity contribution in [1.29, 1.82) is 0 Å². The molecule has 2 heterocycles. The van der Waals surface area contributed by atoms with Crippen LogP contribution in [0.4, 0.5) is 0 Å². The van der Waals surface area contributed by atoms with Gasteiger partial charge in [0.2, 0.25) is 17.6 Å². The molecule has 1 aliphatic heterocycles. The van der Waals surface area contributed by atoms with Crippen LogP contribution in [-0.2, 0) is 11.3 Å². The van der Waals surface area contributed by atoms with Crippen molar-refractivity contribution in [1.82, 2.24) is 15.0 Å². The second-order valence-corrected chi connectivity index (χ2v) is 8.02. The lowest BCUT2D eigenvalue weighted by atomic mass is 10.1. The minimum atomic E-state index is -0.174. The number of carbonyl (C=O) groups excluding carboxylic acids is 1. The molecule has 4 rings (SSSR count). The molecule has 1 amide bonds. The van der Waals surface area contributed by atoms with Gasteiger partial charge in [-0.15, -0.1) is 0 Å². The van der Waals surface area contributed by atoms with Crippen molar-refractivity contribution in [2.75, 3.05) is 34.5 Å². The molecule has 180 valence electrons. The van der Waals surface area contributed by atoms with Crippen LogP contribution < -0.4 is 18.9 Å². The Morgan fingerprint density at radius 3 is 2.59 bits per heavy atom. The number of aromatic nitrogens is 2. The molecule has 1 saturated heterocycles. The third kappa shape index (κ3) is 4.93. The van der Waals surface area contributed by atoms with Gasteiger partial charge in [-0.25, -0.2) is 0 Å². The number of hydrogen-bond donors (Lipinski definition) is 0. The largest absolute Gasteiger partial charge is 0.497 e. The van der Waals surface area contributed by atoms with Crippen LogP contribution >= 0.6 is 0 Å². The Bertz CT molecular complexity index is 1150. The van der Waals surface area contributed by atoms with Crippen LogP contribution in [0.5, 0.6) is 23.0 Å². The normalized spacial score (nSPS) is 15.5. The summed E-state index contributed by atoms with van der Waals surface area (Å²) in [5, 5.41) is 4.13. The maximum absolute atomic E-state index is 12.7. The Morgan fingerprint density at radius 1 is 1.03 bits per heavy atom. The first-order chi connectivity index (χ1) is 16.6. The van der Waals surface area contributed by atoms with Gasteiger partial charge in [-0.2, -0.15) is 4.98 Å². The van der Waals surface area contributed by atoms with Crippen molar-refractivity contribution >= 4 is 5.91 Å². The highest BCUT2D eigenvalue weighted by molar-refractivity contribution is 5.79. The third-order valence-electron chi connectivity index (χ3n) is 5.74. The van der Waals surface area contributed by atoms with E-state index in [-0.39, 0.29) is 11.8 Å². The van der Waals surface area contributed by atoms with E-state index in [2.05, 4.69) is 10.1 Å². The van der Waals surface area contributed by atoms with E-state index in [9.17, 15) is 4.79 Å². The molecule has 1 aliphatic rings. The average molecular weight is 468 g/mol. The Labute approximate surface area is 198 Å². The van der Waals surface area contributed by atoms with Gasteiger partial charge in [0.1, 0.15) is 11.5 Å². The molecule has 1 unspecified atom stereocenters. The highest BCUT2D eigenvalue weighted by Gasteiger charge is 2.34. The first-order valence-corrected chi connectivity index (χ1v) is 11.2. The van der Waals surface area contributed by atoms with Crippen molar-refractivity contribution in [2.45, 2.75) is 32.2 Å². The molecule has 2 aromatic carbocycles. The predicted octanol–water partition coefficient (Wildman–Crippen LogP) is 4.07. The number of likely N-dealkylation sites (tertiary alicyclic amines) is 1. The minimum Gasteiger partial charge on any atom is -0.497 e. The highest BCUT2D eigenvalue weighted by atomic mass is 16.5. The third-order valence-corrected chi connectivity index (χ3v) is 5.74. The van der Waals surface area contributed by atoms with Gasteiger partial charge in [-0.1, -0.05) is 12.1 Å². The standard InChI is InChI=1S/C25H29N3O6/c1-5-10-33-20-9-7-16(11-22(20)32-4)24-26-25(34-27-24)18-12-23(29)28(15-18)14-17-6-8-19(30-2)13-21(17)31-3/h6-9,11,13,18H,5,10,12,14-15H2,1-4H3. The fourth-order valence-electron chi connectivity index (χ4n) is 3.93. The summed E-state index contributed by atoms with van der Waals surface area (Å²) in [6, 6.07) is 11.1. The number of rotatable bonds is 10. The Morgan fingerprint density at radius 2 is 1.85 bits per heavy atom. The summed E-state index contributed by atoms with van der Waals surface area (Å²) in [5.41, 5.74) is 1.65. The van der Waals surface area contributed by atoms with Crippen molar-refractivity contribution in [3.63, 3.8) is 0 Å². The number of amides is 1. The average Bonchev–Trinajstić information content (AvgIpc) is 3.50. The summed E-state index contributed by atoms with van der Waals surface area (Å²) in [4.78, 5) is 19.1. The lowest BCUT2D eigenvalue weighted by Crippen LogP contribution is -2.24. The number of nitrogens with zero attached hydrogens (tertiary/aromatic N) is 3. The van der Waals surface area contributed by atoms with Gasteiger partial charge in [0, 0.05) is 36.7 Å². The zero-order valence-corrected chi connectivity index (χ0v) is 19.9. The molecule has 1 aromatic heterocycles. The molecule has 0 spiro atoms. The van der Waals surface area contributed by atoms with E-state index >= 15 is 0 Å². The number of methoxy groups -OCH3 is 3. The number of ether oxygens (including phenoxy) is 4. The van der Waals surface area contributed by atoms with E-state index in [1.807, 2.05) is 43.3 Å². The molecule has 1 atom stereocenters. The fourth-order valence-corrected chi connectivity index (χ4v) is 3.93. The van der Waals surface area contributed by atoms with Gasteiger partial charge in [-0.3, -0.25) is 4.79 Å². The van der Waals surface area contributed by atoms with Crippen LogP contribution in [0.2, 0.25) is 0 Å². The Balaban J connectivity index is 1.47. The quantitative estimate of drug-likeness (QED) is 0.440. The highest BCUT2D eigenvalue weighted by Crippen LogP contribution is 2.34. The molecule has 0 aliphatic carbocycles. The molecule has 0 radical (unpaired) electrons. The maximum atomic E-state index is 12.7. The summed E-state index contributed by atoms with van der Waals surface area (Å²) in [5.74, 6) is 3.39. The lowest BCUT2D eigenvalue weighted by molar-refractivity contribution is -0.128. The smallest absolute Gasteiger partial charge is 0.232 e. The van der Waals surface area contributed by atoms with Crippen molar-refractivity contribution in [3.05, 3.63) is 47.9 Å². The summed E-state index contributed by atoms with van der Waals surface area (Å²) < 4.78 is 27.4. The fraction of sp³-hybridized carbons (Fsp3) is 0.400. The molecular weight excluding hydrogens is 438 g/mol. The van der Waals surface area contributed by atoms with Crippen molar-refractivity contribution in [3.8, 4) is 34.4 Å². The second kappa shape index (κ2) is 10.5.